The van der Waals surface area contributed by atoms with Crippen LogP contribution in [0.3, 0.4) is 0 Å². The van der Waals surface area contributed by atoms with E-state index in [1.807, 2.05) is 36.4 Å². The Bertz CT molecular complexity index is 922. The molecule has 0 fully saturated rings. The maximum absolute atomic E-state index is 14.1. The summed E-state index contributed by atoms with van der Waals surface area (Å²) in [6.07, 6.45) is 14.2. The van der Waals surface area contributed by atoms with Gasteiger partial charge in [-0.1, -0.05) is 37.8 Å². The molecule has 0 aliphatic rings. The second kappa shape index (κ2) is 13.6. The first-order valence-corrected chi connectivity index (χ1v) is 10.0. The predicted molar refractivity (Wildman–Crippen MR) is 131 cm³/mol. The molecule has 1 unspecified atom stereocenters. The molecular weight excluding hydrogens is 389 g/mol. The van der Waals surface area contributed by atoms with Gasteiger partial charge in [0.05, 0.1) is 11.8 Å². The van der Waals surface area contributed by atoms with Crippen molar-refractivity contribution in [2.45, 2.75) is 26.3 Å². The Morgan fingerprint density at radius 1 is 1.32 bits per heavy atom. The molecule has 0 heterocycles. The summed E-state index contributed by atoms with van der Waals surface area (Å²) in [6.45, 7) is 11.1. The minimum atomic E-state index is -0.199. The molecule has 1 rings (SSSR count). The van der Waals surface area contributed by atoms with Crippen LogP contribution in [0, 0.1) is 18.2 Å². The summed E-state index contributed by atoms with van der Waals surface area (Å²) in [7, 11) is 3.69. The Morgan fingerprint density at radius 3 is 2.61 bits per heavy atom. The molecule has 0 aliphatic carbocycles. The summed E-state index contributed by atoms with van der Waals surface area (Å²) < 4.78 is 14.1. The molecule has 164 valence electrons. The van der Waals surface area contributed by atoms with E-state index in [1.54, 1.807) is 50.5 Å². The van der Waals surface area contributed by atoms with Crippen LogP contribution in [0.4, 0.5) is 4.39 Å². The van der Waals surface area contributed by atoms with Crippen molar-refractivity contribution in [2.75, 3.05) is 14.1 Å². The molecule has 0 radical (unpaired) electrons. The van der Waals surface area contributed by atoms with Crippen molar-refractivity contribution >= 4 is 18.6 Å². The minimum absolute atomic E-state index is 0.0211. The Kier molecular flexibility index (Phi) is 11.2. The smallest absolute Gasteiger partial charge is 0.127 e. The van der Waals surface area contributed by atoms with E-state index in [0.717, 1.165) is 23.8 Å². The molecular formula is C25H32FN5. The average Bonchev–Trinajstić information content (AvgIpc) is 2.76. The second-order valence-electron chi connectivity index (χ2n) is 6.74. The number of rotatable bonds is 12. The predicted octanol–water partition coefficient (Wildman–Crippen LogP) is 5.51. The number of nitrogens with zero attached hydrogens (tertiary/aromatic N) is 3. The molecule has 1 aromatic rings. The molecule has 0 amide bonds. The number of hydrogen-bond donors (Lipinski definition) is 2. The molecule has 1 atom stereocenters. The summed E-state index contributed by atoms with van der Waals surface area (Å²) in [6, 6.07) is 5.39. The molecule has 2 N–H and O–H groups in total. The zero-order valence-electron chi connectivity index (χ0n) is 18.8. The van der Waals surface area contributed by atoms with Crippen molar-refractivity contribution < 1.29 is 4.39 Å². The van der Waals surface area contributed by atoms with E-state index < -0.39 is 0 Å². The molecule has 5 nitrogen and oxygen atoms in total. The minimum Gasteiger partial charge on any atom is -0.373 e. The third kappa shape index (κ3) is 8.01. The van der Waals surface area contributed by atoms with Gasteiger partial charge >= 0.3 is 0 Å². The Hall–Kier alpha value is -3.54. The van der Waals surface area contributed by atoms with Crippen LogP contribution in [0.2, 0.25) is 0 Å². The van der Waals surface area contributed by atoms with Crippen molar-refractivity contribution in [3.05, 3.63) is 95.9 Å². The SMILES string of the molecule is C=CC=C(/C=C\N(C)C(CC)c1ccc(C)c(F)c1)C(/C=C\N=C)=N/C(=C/C=N)NC. The van der Waals surface area contributed by atoms with Crippen LogP contribution in [0.15, 0.2) is 88.9 Å². The lowest BCUT2D eigenvalue weighted by Crippen LogP contribution is -2.19. The second-order valence-corrected chi connectivity index (χ2v) is 6.74. The van der Waals surface area contributed by atoms with Gasteiger partial charge in [-0.15, -0.1) is 0 Å². The molecule has 0 saturated heterocycles. The van der Waals surface area contributed by atoms with Gasteiger partial charge in [0, 0.05) is 32.1 Å². The maximum atomic E-state index is 14.1. The third-order valence-electron chi connectivity index (χ3n) is 4.62. The van der Waals surface area contributed by atoms with Gasteiger partial charge in [0.25, 0.3) is 0 Å². The standard InChI is InChI=1S/C25H32FN5/c1-7-9-20(23(13-16-28-4)30-25(29-5)12-15-27)14-17-31(6)24(8-2)21-11-10-19(3)22(26)18-21/h7,9-18,24,27,29H,1,4,8H2,2-3,5-6H3/b16-13-,17-14-,20-9?,25-12+,27-15?,30-23+. The number of allylic oxidation sites excluding steroid dienone is 6. The molecule has 0 aliphatic heterocycles. The summed E-state index contributed by atoms with van der Waals surface area (Å²) in [5.74, 6) is 0.326. The van der Waals surface area contributed by atoms with Gasteiger partial charge in [-0.05, 0) is 61.7 Å². The highest BCUT2D eigenvalue weighted by Crippen LogP contribution is 2.25. The number of aliphatic imine (C=N–C) groups is 2. The zero-order chi connectivity index (χ0) is 23.2. The Morgan fingerprint density at radius 2 is 2.06 bits per heavy atom. The monoisotopic (exact) mass is 421 g/mol. The van der Waals surface area contributed by atoms with Crippen molar-refractivity contribution in [3.63, 3.8) is 0 Å². The first kappa shape index (κ1) is 25.5. The van der Waals surface area contributed by atoms with Crippen LogP contribution in [0.1, 0.15) is 30.5 Å². The quantitative estimate of drug-likeness (QED) is 0.345. The molecule has 0 aromatic heterocycles. The zero-order valence-corrected chi connectivity index (χ0v) is 18.8. The van der Waals surface area contributed by atoms with Crippen molar-refractivity contribution in [3.8, 4) is 0 Å². The first-order valence-electron chi connectivity index (χ1n) is 10.0. The molecule has 31 heavy (non-hydrogen) atoms. The average molecular weight is 422 g/mol. The van der Waals surface area contributed by atoms with Gasteiger partial charge < -0.3 is 15.6 Å². The van der Waals surface area contributed by atoms with Gasteiger partial charge in [-0.2, -0.15) is 0 Å². The van der Waals surface area contributed by atoms with Crippen LogP contribution in [0.5, 0.6) is 0 Å². The fraction of sp³-hybridized carbons (Fsp3) is 0.240. The van der Waals surface area contributed by atoms with Gasteiger partial charge in [0.15, 0.2) is 0 Å². The van der Waals surface area contributed by atoms with Gasteiger partial charge in [-0.3, -0.25) is 4.99 Å². The van der Waals surface area contributed by atoms with Crippen LogP contribution in [-0.4, -0.2) is 37.6 Å². The van der Waals surface area contributed by atoms with Crippen molar-refractivity contribution in [2.24, 2.45) is 9.98 Å². The highest BCUT2D eigenvalue weighted by Gasteiger charge is 2.14. The van der Waals surface area contributed by atoms with E-state index in [1.165, 1.54) is 0 Å². The fourth-order valence-corrected chi connectivity index (χ4v) is 2.94. The van der Waals surface area contributed by atoms with Crippen molar-refractivity contribution in [1.82, 2.24) is 10.2 Å². The molecule has 1 aromatic carbocycles. The number of benzene rings is 1. The highest BCUT2D eigenvalue weighted by atomic mass is 19.1. The van der Waals surface area contributed by atoms with Gasteiger partial charge in [-0.25, -0.2) is 9.38 Å². The van der Waals surface area contributed by atoms with Crippen LogP contribution in [0.25, 0.3) is 0 Å². The lowest BCUT2D eigenvalue weighted by atomic mass is 10.0. The largest absolute Gasteiger partial charge is 0.373 e. The normalized spacial score (nSPS) is 14.0. The topological polar surface area (TPSA) is 63.8 Å². The van der Waals surface area contributed by atoms with E-state index in [0.29, 0.717) is 17.1 Å². The highest BCUT2D eigenvalue weighted by molar-refractivity contribution is 6.11. The number of aryl methyl sites for hydroxylation is 1. The summed E-state index contributed by atoms with van der Waals surface area (Å²) in [5.41, 5.74) is 2.96. The molecule has 6 heteroatoms. The van der Waals surface area contributed by atoms with E-state index in [2.05, 4.69) is 35.5 Å². The number of halogens is 1. The number of hydrogen-bond acceptors (Lipinski definition) is 5. The van der Waals surface area contributed by atoms with Crippen LogP contribution < -0.4 is 5.32 Å². The van der Waals surface area contributed by atoms with Crippen LogP contribution in [-0.2, 0) is 0 Å². The lowest BCUT2D eigenvalue weighted by molar-refractivity contribution is 0.327. The molecule has 0 saturated carbocycles. The maximum Gasteiger partial charge on any atom is 0.127 e. The fourth-order valence-electron chi connectivity index (χ4n) is 2.94. The van der Waals surface area contributed by atoms with E-state index in [4.69, 9.17) is 5.41 Å². The first-order chi connectivity index (χ1) is 14.9. The summed E-state index contributed by atoms with van der Waals surface area (Å²) in [4.78, 5) is 10.4. The lowest BCUT2D eigenvalue weighted by Gasteiger charge is -2.26. The van der Waals surface area contributed by atoms with E-state index >= 15 is 0 Å². The summed E-state index contributed by atoms with van der Waals surface area (Å²) in [5, 5.41) is 10.2. The van der Waals surface area contributed by atoms with Crippen LogP contribution >= 0.6 is 0 Å². The van der Waals surface area contributed by atoms with Crippen molar-refractivity contribution in [1.29, 1.82) is 5.41 Å². The molecule has 0 spiro atoms. The number of nitrogens with one attached hydrogen (secondary N) is 2. The Balaban J connectivity index is 3.31. The van der Waals surface area contributed by atoms with E-state index in [-0.39, 0.29) is 11.9 Å². The molecule has 0 bridgehead atoms. The Labute approximate surface area is 185 Å². The summed E-state index contributed by atoms with van der Waals surface area (Å²) >= 11 is 0. The van der Waals surface area contributed by atoms with Gasteiger partial charge in [0.1, 0.15) is 11.6 Å². The van der Waals surface area contributed by atoms with Gasteiger partial charge in [0.2, 0.25) is 0 Å². The van der Waals surface area contributed by atoms with E-state index in [9.17, 15) is 4.39 Å². The third-order valence-corrected chi connectivity index (χ3v) is 4.62.